The van der Waals surface area contributed by atoms with Gasteiger partial charge in [-0.15, -0.1) is 0 Å². The fraction of sp³-hybridized carbons (Fsp3) is 0.333. The number of aromatic carboxylic acids is 1. The molecular formula is C6H8N2O3. The van der Waals surface area contributed by atoms with E-state index in [1.807, 2.05) is 0 Å². The van der Waals surface area contributed by atoms with Crippen molar-refractivity contribution in [3.63, 3.8) is 0 Å². The van der Waals surface area contributed by atoms with E-state index in [9.17, 15) is 4.79 Å². The number of H-pyrrole nitrogens is 1. The van der Waals surface area contributed by atoms with Crippen LogP contribution in [0.15, 0.2) is 6.07 Å². The number of carboxylic acid groups (broad SMARTS) is 1. The van der Waals surface area contributed by atoms with Crippen LogP contribution >= 0.6 is 0 Å². The van der Waals surface area contributed by atoms with E-state index in [0.29, 0.717) is 5.69 Å². The van der Waals surface area contributed by atoms with E-state index < -0.39 is 12.1 Å². The lowest BCUT2D eigenvalue weighted by molar-refractivity contribution is 0.0690. The number of carbonyl (C=O) groups is 1. The van der Waals surface area contributed by atoms with Crippen LogP contribution in [-0.4, -0.2) is 26.4 Å². The highest BCUT2D eigenvalue weighted by molar-refractivity contribution is 5.85. The number of nitrogens with one attached hydrogen (secondary N) is 1. The molecule has 0 aliphatic carbocycles. The molecule has 5 heteroatoms. The molecule has 0 spiro atoms. The van der Waals surface area contributed by atoms with E-state index in [-0.39, 0.29) is 5.69 Å². The maximum Gasteiger partial charge on any atom is 0.356 e. The molecule has 0 fully saturated rings. The number of rotatable bonds is 2. The molecule has 0 unspecified atom stereocenters. The Morgan fingerprint density at radius 2 is 2.45 bits per heavy atom. The molecule has 11 heavy (non-hydrogen) atoms. The van der Waals surface area contributed by atoms with E-state index >= 15 is 0 Å². The van der Waals surface area contributed by atoms with Crippen molar-refractivity contribution in [2.45, 2.75) is 13.0 Å². The van der Waals surface area contributed by atoms with Gasteiger partial charge in [0.2, 0.25) is 0 Å². The Morgan fingerprint density at radius 1 is 1.82 bits per heavy atom. The van der Waals surface area contributed by atoms with Gasteiger partial charge in [-0.3, -0.25) is 5.10 Å². The van der Waals surface area contributed by atoms with Crippen LogP contribution in [0.25, 0.3) is 0 Å². The molecule has 0 saturated heterocycles. The summed E-state index contributed by atoms with van der Waals surface area (Å²) in [4.78, 5) is 10.3. The maximum atomic E-state index is 10.3. The fourth-order valence-electron chi connectivity index (χ4n) is 0.660. The van der Waals surface area contributed by atoms with Gasteiger partial charge in [-0.2, -0.15) is 5.10 Å². The van der Waals surface area contributed by atoms with Crippen LogP contribution in [0.4, 0.5) is 0 Å². The van der Waals surface area contributed by atoms with E-state index in [1.54, 1.807) is 0 Å². The molecule has 1 aromatic rings. The summed E-state index contributed by atoms with van der Waals surface area (Å²) in [6, 6.07) is 1.30. The molecule has 0 aromatic carbocycles. The van der Waals surface area contributed by atoms with Crippen LogP contribution in [0.1, 0.15) is 29.2 Å². The largest absolute Gasteiger partial charge is 0.476 e. The quantitative estimate of drug-likeness (QED) is 0.569. The van der Waals surface area contributed by atoms with E-state index in [2.05, 4.69) is 10.2 Å². The van der Waals surface area contributed by atoms with E-state index in [0.717, 1.165) is 0 Å². The standard InChI is InChI=1S/C6H8N2O3/c1-3(9)4-2-5(6(10)11)8-7-4/h2-3,9H,1H3,(H,7,8)(H,10,11)/t3-/m0/s1. The first-order valence-corrected chi connectivity index (χ1v) is 3.08. The minimum absolute atomic E-state index is 0.0825. The lowest BCUT2D eigenvalue weighted by Crippen LogP contribution is -1.95. The first-order chi connectivity index (χ1) is 5.11. The molecule has 0 aliphatic heterocycles. The number of carboxylic acids is 1. The minimum Gasteiger partial charge on any atom is -0.476 e. The Kier molecular flexibility index (Phi) is 1.91. The third kappa shape index (κ3) is 1.56. The molecule has 1 rings (SSSR count). The summed E-state index contributed by atoms with van der Waals surface area (Å²) in [5, 5.41) is 23.2. The molecule has 5 nitrogen and oxygen atoms in total. The molecule has 1 atom stereocenters. The summed E-state index contributed by atoms with van der Waals surface area (Å²) in [5.41, 5.74) is 0.323. The van der Waals surface area contributed by atoms with E-state index in [1.165, 1.54) is 13.0 Å². The monoisotopic (exact) mass is 156 g/mol. The van der Waals surface area contributed by atoms with Gasteiger partial charge in [0.25, 0.3) is 0 Å². The third-order valence-electron chi connectivity index (χ3n) is 1.27. The maximum absolute atomic E-state index is 10.3. The number of hydrogen-bond donors (Lipinski definition) is 3. The zero-order valence-electron chi connectivity index (χ0n) is 5.90. The molecule has 0 amide bonds. The zero-order valence-corrected chi connectivity index (χ0v) is 5.90. The molecule has 60 valence electrons. The smallest absolute Gasteiger partial charge is 0.356 e. The summed E-state index contributed by atoms with van der Waals surface area (Å²) in [5.74, 6) is -1.10. The van der Waals surface area contributed by atoms with Crippen molar-refractivity contribution >= 4 is 5.97 Å². The molecule has 1 aromatic heterocycles. The average molecular weight is 156 g/mol. The topological polar surface area (TPSA) is 86.2 Å². The normalized spacial score (nSPS) is 12.9. The molecule has 0 saturated carbocycles. The van der Waals surface area contributed by atoms with Crippen molar-refractivity contribution < 1.29 is 15.0 Å². The van der Waals surface area contributed by atoms with Crippen LogP contribution in [0.5, 0.6) is 0 Å². The number of nitrogens with zero attached hydrogens (tertiary/aromatic N) is 1. The predicted octanol–water partition coefficient (Wildman–Crippen LogP) is 0.161. The summed E-state index contributed by atoms with van der Waals surface area (Å²) in [6.07, 6.45) is -0.712. The zero-order chi connectivity index (χ0) is 8.43. The molecule has 1 heterocycles. The average Bonchev–Trinajstić information content (AvgIpc) is 2.33. The van der Waals surface area contributed by atoms with Gasteiger partial charge in [-0.1, -0.05) is 0 Å². The molecule has 3 N–H and O–H groups in total. The van der Waals surface area contributed by atoms with Gasteiger partial charge in [-0.05, 0) is 13.0 Å². The number of hydrogen-bond acceptors (Lipinski definition) is 3. The number of aromatic nitrogens is 2. The molecule has 0 aliphatic rings. The van der Waals surface area contributed by atoms with Gasteiger partial charge in [-0.25, -0.2) is 4.79 Å². The SMILES string of the molecule is C[C@H](O)c1cc(C(=O)O)n[nH]1. The van der Waals surface area contributed by atoms with Gasteiger partial charge in [0.15, 0.2) is 5.69 Å². The molecule has 0 bridgehead atoms. The number of aliphatic hydroxyl groups excluding tert-OH is 1. The predicted molar refractivity (Wildman–Crippen MR) is 36.2 cm³/mol. The minimum atomic E-state index is -1.10. The van der Waals surface area contributed by atoms with Crippen molar-refractivity contribution in [3.8, 4) is 0 Å². The second-order valence-corrected chi connectivity index (χ2v) is 2.19. The van der Waals surface area contributed by atoms with Gasteiger partial charge < -0.3 is 10.2 Å². The van der Waals surface area contributed by atoms with Crippen LogP contribution in [0, 0.1) is 0 Å². The number of aromatic amines is 1. The highest BCUT2D eigenvalue weighted by Gasteiger charge is 2.10. The molecule has 0 radical (unpaired) electrons. The first-order valence-electron chi connectivity index (χ1n) is 3.08. The van der Waals surface area contributed by atoms with Crippen LogP contribution in [-0.2, 0) is 0 Å². The Hall–Kier alpha value is -1.36. The second kappa shape index (κ2) is 2.71. The summed E-state index contributed by atoms with van der Waals surface area (Å²) in [6.45, 7) is 1.53. The van der Waals surface area contributed by atoms with Crippen molar-refractivity contribution in [1.82, 2.24) is 10.2 Å². The van der Waals surface area contributed by atoms with E-state index in [4.69, 9.17) is 10.2 Å². The second-order valence-electron chi connectivity index (χ2n) is 2.19. The van der Waals surface area contributed by atoms with Gasteiger partial charge in [0, 0.05) is 0 Å². The van der Waals surface area contributed by atoms with Crippen molar-refractivity contribution in [2.24, 2.45) is 0 Å². The Bertz CT molecular complexity index is 267. The van der Waals surface area contributed by atoms with Crippen molar-refractivity contribution in [2.75, 3.05) is 0 Å². The van der Waals surface area contributed by atoms with Gasteiger partial charge in [0.05, 0.1) is 11.8 Å². The summed E-state index contributed by atoms with van der Waals surface area (Å²) < 4.78 is 0. The molecular weight excluding hydrogens is 148 g/mol. The number of aliphatic hydroxyl groups is 1. The third-order valence-corrected chi connectivity index (χ3v) is 1.27. The summed E-state index contributed by atoms with van der Waals surface area (Å²) in [7, 11) is 0. The lowest BCUT2D eigenvalue weighted by atomic mass is 10.3. The summed E-state index contributed by atoms with van der Waals surface area (Å²) >= 11 is 0. The highest BCUT2D eigenvalue weighted by atomic mass is 16.4. The van der Waals surface area contributed by atoms with Gasteiger partial charge in [0.1, 0.15) is 0 Å². The van der Waals surface area contributed by atoms with Crippen LogP contribution in [0.2, 0.25) is 0 Å². The Labute approximate surface area is 62.7 Å². The Morgan fingerprint density at radius 3 is 2.73 bits per heavy atom. The van der Waals surface area contributed by atoms with Crippen molar-refractivity contribution in [1.29, 1.82) is 0 Å². The van der Waals surface area contributed by atoms with Crippen LogP contribution < -0.4 is 0 Å². The first kappa shape index (κ1) is 7.74. The fourth-order valence-corrected chi connectivity index (χ4v) is 0.660. The Balaban J connectivity index is 2.90. The highest BCUT2D eigenvalue weighted by Crippen LogP contribution is 2.08. The van der Waals surface area contributed by atoms with Crippen molar-refractivity contribution in [3.05, 3.63) is 17.5 Å². The van der Waals surface area contributed by atoms with Gasteiger partial charge >= 0.3 is 5.97 Å². The lowest BCUT2D eigenvalue weighted by Gasteiger charge is -1.95. The van der Waals surface area contributed by atoms with Crippen LogP contribution in [0.3, 0.4) is 0 Å².